The number of Topliss-reactive ketones (excluding diaryl/α,β-unsaturated/α-hetero) is 1. The van der Waals surface area contributed by atoms with Gasteiger partial charge in [0.2, 0.25) is 5.24 Å². The van der Waals surface area contributed by atoms with Gasteiger partial charge in [0.05, 0.1) is 6.42 Å². The summed E-state index contributed by atoms with van der Waals surface area (Å²) in [4.78, 5) is 20.4. The molecule has 0 heterocycles. The van der Waals surface area contributed by atoms with Gasteiger partial charge in [-0.05, 0) is 11.6 Å². The molecule has 0 amide bonds. The van der Waals surface area contributed by atoms with Crippen molar-refractivity contribution >= 4 is 22.6 Å². The van der Waals surface area contributed by atoms with Gasteiger partial charge in [-0.2, -0.15) is 0 Å². The number of carbonyl (C=O) groups is 2. The molecule has 0 aromatic carbocycles. The number of ether oxygens (including phenoxy) is 1. The zero-order valence-electron chi connectivity index (χ0n) is 5.02. The molecule has 0 radical (unpaired) electrons. The van der Waals surface area contributed by atoms with Gasteiger partial charge in [0.15, 0.2) is 5.78 Å². The minimum absolute atomic E-state index is 0.0432. The van der Waals surface area contributed by atoms with Gasteiger partial charge < -0.3 is 4.74 Å². The van der Waals surface area contributed by atoms with Crippen molar-refractivity contribution in [2.45, 2.75) is 6.42 Å². The van der Waals surface area contributed by atoms with E-state index in [2.05, 4.69) is 4.74 Å². The monoisotopic (exact) mass is 150 g/mol. The largest absolute Gasteiger partial charge is 0.377 e. The highest BCUT2D eigenvalue weighted by Gasteiger charge is 2.04. The molecule has 4 heteroatoms. The summed E-state index contributed by atoms with van der Waals surface area (Å²) in [5.41, 5.74) is 0. The van der Waals surface area contributed by atoms with Crippen LogP contribution in [0.3, 0.4) is 0 Å². The van der Waals surface area contributed by atoms with Crippen molar-refractivity contribution in [2.24, 2.45) is 0 Å². The van der Waals surface area contributed by atoms with Gasteiger partial charge in [0, 0.05) is 7.11 Å². The average molecular weight is 151 g/mol. The third kappa shape index (κ3) is 5.46. The van der Waals surface area contributed by atoms with Gasteiger partial charge in [-0.3, -0.25) is 9.59 Å². The van der Waals surface area contributed by atoms with Crippen LogP contribution in [0.25, 0.3) is 0 Å². The third-order valence-electron chi connectivity index (χ3n) is 0.641. The standard InChI is InChI=1S/C5H7ClO3/c1-9-3-4(7)2-5(6)8/h2-3H2,1H3. The van der Waals surface area contributed by atoms with Gasteiger partial charge in [-0.15, -0.1) is 0 Å². The second-order valence-electron chi connectivity index (χ2n) is 1.50. The normalized spacial score (nSPS) is 9.11. The zero-order valence-corrected chi connectivity index (χ0v) is 5.77. The van der Waals surface area contributed by atoms with Crippen molar-refractivity contribution in [1.29, 1.82) is 0 Å². The summed E-state index contributed by atoms with van der Waals surface area (Å²) in [5.74, 6) is -0.294. The fraction of sp³-hybridized carbons (Fsp3) is 0.600. The Morgan fingerprint density at radius 2 is 2.11 bits per heavy atom. The number of methoxy groups -OCH3 is 1. The van der Waals surface area contributed by atoms with E-state index in [0.717, 1.165) is 0 Å². The number of hydrogen-bond donors (Lipinski definition) is 0. The molecule has 0 aliphatic heterocycles. The van der Waals surface area contributed by atoms with Gasteiger partial charge in [0.1, 0.15) is 6.61 Å². The lowest BCUT2D eigenvalue weighted by atomic mass is 10.3. The SMILES string of the molecule is COCC(=O)CC(=O)Cl. The highest BCUT2D eigenvalue weighted by molar-refractivity contribution is 6.64. The van der Waals surface area contributed by atoms with E-state index in [-0.39, 0.29) is 18.8 Å². The van der Waals surface area contributed by atoms with Crippen LogP contribution in [0.2, 0.25) is 0 Å². The molecule has 0 spiro atoms. The molecule has 0 aliphatic rings. The summed E-state index contributed by atoms with van der Waals surface area (Å²) >= 11 is 4.89. The van der Waals surface area contributed by atoms with Crippen LogP contribution >= 0.6 is 11.6 Å². The summed E-state index contributed by atoms with van der Waals surface area (Å²) < 4.78 is 4.44. The molecule has 0 aromatic rings. The molecule has 0 unspecified atom stereocenters. The molecule has 0 saturated heterocycles. The first kappa shape index (κ1) is 8.59. The highest BCUT2D eigenvalue weighted by atomic mass is 35.5. The summed E-state index contributed by atoms with van der Waals surface area (Å²) in [7, 11) is 1.39. The molecule has 0 saturated carbocycles. The second-order valence-corrected chi connectivity index (χ2v) is 1.93. The van der Waals surface area contributed by atoms with Gasteiger partial charge in [0.25, 0.3) is 0 Å². The van der Waals surface area contributed by atoms with Crippen LogP contribution in [-0.4, -0.2) is 24.7 Å². The quantitative estimate of drug-likeness (QED) is 0.429. The van der Waals surface area contributed by atoms with E-state index >= 15 is 0 Å². The smallest absolute Gasteiger partial charge is 0.229 e. The summed E-state index contributed by atoms with van der Waals surface area (Å²) in [6.45, 7) is -0.0432. The van der Waals surface area contributed by atoms with Crippen molar-refractivity contribution in [3.05, 3.63) is 0 Å². The van der Waals surface area contributed by atoms with Crippen LogP contribution in [0.4, 0.5) is 0 Å². The first-order chi connectivity index (χ1) is 4.16. The van der Waals surface area contributed by atoms with Crippen LogP contribution in [0.1, 0.15) is 6.42 Å². The molecule has 52 valence electrons. The van der Waals surface area contributed by atoms with E-state index in [1.807, 2.05) is 0 Å². The molecular weight excluding hydrogens is 144 g/mol. The Hall–Kier alpha value is -0.410. The van der Waals surface area contributed by atoms with E-state index < -0.39 is 5.24 Å². The minimum Gasteiger partial charge on any atom is -0.377 e. The minimum atomic E-state index is -0.642. The Morgan fingerprint density at radius 3 is 2.44 bits per heavy atom. The van der Waals surface area contributed by atoms with Crippen molar-refractivity contribution in [2.75, 3.05) is 13.7 Å². The number of rotatable bonds is 4. The summed E-state index contributed by atoms with van der Waals surface area (Å²) in [6.07, 6.45) is -0.241. The predicted molar refractivity (Wildman–Crippen MR) is 32.4 cm³/mol. The van der Waals surface area contributed by atoms with Crippen molar-refractivity contribution in [3.8, 4) is 0 Å². The number of carbonyl (C=O) groups excluding carboxylic acids is 2. The molecule has 0 N–H and O–H groups in total. The fourth-order valence-electron chi connectivity index (χ4n) is 0.367. The maximum Gasteiger partial charge on any atom is 0.229 e. The van der Waals surface area contributed by atoms with E-state index in [4.69, 9.17) is 11.6 Å². The van der Waals surface area contributed by atoms with Gasteiger partial charge in [-0.25, -0.2) is 0 Å². The maximum absolute atomic E-state index is 10.4. The number of halogens is 1. The third-order valence-corrected chi connectivity index (χ3v) is 0.775. The molecule has 0 aromatic heterocycles. The first-order valence-electron chi connectivity index (χ1n) is 2.35. The Balaban J connectivity index is 3.39. The van der Waals surface area contributed by atoms with Gasteiger partial charge >= 0.3 is 0 Å². The van der Waals surface area contributed by atoms with Crippen LogP contribution in [0.5, 0.6) is 0 Å². The number of ketones is 1. The van der Waals surface area contributed by atoms with Crippen LogP contribution in [0.15, 0.2) is 0 Å². The molecule has 0 atom stereocenters. The van der Waals surface area contributed by atoms with E-state index in [9.17, 15) is 9.59 Å². The maximum atomic E-state index is 10.4. The van der Waals surface area contributed by atoms with E-state index in [1.54, 1.807) is 0 Å². The zero-order chi connectivity index (χ0) is 7.28. The van der Waals surface area contributed by atoms with Gasteiger partial charge in [-0.1, -0.05) is 0 Å². The Kier molecular flexibility index (Phi) is 4.26. The average Bonchev–Trinajstić information content (AvgIpc) is 1.63. The molecule has 3 nitrogen and oxygen atoms in total. The Morgan fingerprint density at radius 1 is 1.56 bits per heavy atom. The topological polar surface area (TPSA) is 43.4 Å². The van der Waals surface area contributed by atoms with Crippen LogP contribution in [-0.2, 0) is 14.3 Å². The molecular formula is C5H7ClO3. The Bertz CT molecular complexity index is 121. The Labute approximate surface area is 57.9 Å². The highest BCUT2D eigenvalue weighted by Crippen LogP contribution is 1.89. The number of hydrogen-bond acceptors (Lipinski definition) is 3. The molecule has 0 aliphatic carbocycles. The molecule has 0 bridgehead atoms. The van der Waals surface area contributed by atoms with E-state index in [0.29, 0.717) is 0 Å². The van der Waals surface area contributed by atoms with Crippen LogP contribution in [0, 0.1) is 0 Å². The van der Waals surface area contributed by atoms with Crippen molar-refractivity contribution in [1.82, 2.24) is 0 Å². The lowest BCUT2D eigenvalue weighted by Crippen LogP contribution is -2.08. The van der Waals surface area contributed by atoms with E-state index in [1.165, 1.54) is 7.11 Å². The van der Waals surface area contributed by atoms with Crippen molar-refractivity contribution in [3.63, 3.8) is 0 Å². The predicted octanol–water partition coefficient (Wildman–Crippen LogP) is 0.357. The fourth-order valence-corrected chi connectivity index (χ4v) is 0.516. The van der Waals surface area contributed by atoms with Crippen molar-refractivity contribution < 1.29 is 14.3 Å². The molecule has 9 heavy (non-hydrogen) atoms. The summed E-state index contributed by atoms with van der Waals surface area (Å²) in [6, 6.07) is 0. The molecule has 0 fully saturated rings. The summed E-state index contributed by atoms with van der Waals surface area (Å²) in [5, 5.41) is -0.642. The first-order valence-corrected chi connectivity index (χ1v) is 2.73. The second kappa shape index (κ2) is 4.47. The molecule has 0 rings (SSSR count). The lowest BCUT2D eigenvalue weighted by molar-refractivity contribution is -0.126. The lowest BCUT2D eigenvalue weighted by Gasteiger charge is -1.91. The van der Waals surface area contributed by atoms with Crippen LogP contribution < -0.4 is 0 Å².